The fourth-order valence-electron chi connectivity index (χ4n) is 18.5. The lowest BCUT2D eigenvalue weighted by Crippen LogP contribution is -2.35. The number of benzene rings is 6. The molecule has 6 aliphatic rings. The van der Waals surface area contributed by atoms with Crippen LogP contribution in [0.25, 0.3) is 33.5 Å². The molecule has 3 saturated heterocycles. The van der Waals surface area contributed by atoms with E-state index >= 15 is 0 Å². The molecule has 3 aliphatic heterocycles. The van der Waals surface area contributed by atoms with Crippen molar-refractivity contribution in [2.24, 2.45) is 5.73 Å². The van der Waals surface area contributed by atoms with Crippen LogP contribution in [-0.4, -0.2) is 262 Å². The molecule has 9 heterocycles. The van der Waals surface area contributed by atoms with E-state index in [1.165, 1.54) is 61.0 Å². The minimum Gasteiger partial charge on any atom is -0.387 e. The number of nitrogens with one attached hydrogen (secondary N) is 5. The normalized spacial score (nSPS) is 24.4. The zero-order chi connectivity index (χ0) is 92.7. The van der Waals surface area contributed by atoms with Crippen LogP contribution < -0.4 is 32.3 Å². The molecule has 0 spiro atoms. The molecule has 3 aliphatic carbocycles. The van der Waals surface area contributed by atoms with Gasteiger partial charge in [-0.2, -0.15) is 0 Å². The summed E-state index contributed by atoms with van der Waals surface area (Å²) in [5.41, 5.74) is 16.2. The van der Waals surface area contributed by atoms with Crippen molar-refractivity contribution in [2.75, 3.05) is 98.1 Å². The van der Waals surface area contributed by atoms with Gasteiger partial charge in [0, 0.05) is 105 Å². The highest BCUT2D eigenvalue weighted by Gasteiger charge is 2.48. The van der Waals surface area contributed by atoms with Crippen LogP contribution in [0.4, 0.5) is 17.5 Å². The second kappa shape index (κ2) is 47.5. The Hall–Kier alpha value is -10.7. The Morgan fingerprint density at radius 1 is 0.361 bits per heavy atom. The maximum Gasteiger partial charge on any atom is 0.168 e. The quantitative estimate of drug-likeness (QED) is 0.0178. The Bertz CT molecular complexity index is 5200. The van der Waals surface area contributed by atoms with Gasteiger partial charge in [-0.3, -0.25) is 18.5 Å². The second-order valence-corrected chi connectivity index (χ2v) is 34.6. The predicted octanol–water partition coefficient (Wildman–Crippen LogP) is 9.71. The molecular formula is C99H126N18O16. The van der Waals surface area contributed by atoms with Crippen molar-refractivity contribution in [2.45, 2.75) is 218 Å². The fourth-order valence-corrected chi connectivity index (χ4v) is 18.5. The van der Waals surface area contributed by atoms with E-state index in [0.29, 0.717) is 137 Å². The van der Waals surface area contributed by atoms with Gasteiger partial charge in [0.05, 0.1) is 76.7 Å². The number of rotatable bonds is 34. The van der Waals surface area contributed by atoms with Gasteiger partial charge in [0.25, 0.3) is 0 Å². The summed E-state index contributed by atoms with van der Waals surface area (Å²) in [6.45, 7) is 3.26. The fraction of sp³-hybridized carbons (Fsp3) is 0.475. The molecule has 3 saturated carbocycles. The summed E-state index contributed by atoms with van der Waals surface area (Å²) in [7, 11) is 9.85. The molecule has 12 atom stereocenters. The van der Waals surface area contributed by atoms with E-state index < -0.39 is 73.6 Å². The lowest BCUT2D eigenvalue weighted by Gasteiger charge is -2.28. The maximum atomic E-state index is 10.9. The van der Waals surface area contributed by atoms with Crippen molar-refractivity contribution in [1.29, 1.82) is 0 Å². The van der Waals surface area contributed by atoms with Gasteiger partial charge in [0.15, 0.2) is 69.6 Å². The molecule has 18 rings (SSSR count). The van der Waals surface area contributed by atoms with Crippen molar-refractivity contribution in [1.82, 2.24) is 69.2 Å². The number of hydrogen-bond acceptors (Lipinski definition) is 31. The lowest BCUT2D eigenvalue weighted by molar-refractivity contribution is -0.122. The number of Topliss-reactive ketones (excluding diaryl/α,β-unsaturated/α-hetero) is 1. The molecule has 6 aromatic carbocycles. The third-order valence-electron chi connectivity index (χ3n) is 26.0. The molecule has 133 heavy (non-hydrogen) atoms. The minimum absolute atomic E-state index is 0.0748. The van der Waals surface area contributed by atoms with Crippen molar-refractivity contribution in [3.05, 3.63) is 252 Å². The molecule has 6 aromatic heterocycles. The summed E-state index contributed by atoms with van der Waals surface area (Å²) < 4.78 is 54.6. The van der Waals surface area contributed by atoms with Gasteiger partial charge in [0.1, 0.15) is 78.2 Å². The SMILES string of the molecule is COC1CCC(=O)CC1.COC[C@H]1O[C@@H](n2cnc3c(NCC(c4ccccc4)c4ccccc4)nc(CN)nc32)[C@H](O)[C@@H]1O.COC[C@H]1O[C@@H](n2cnc3c(NCC(c4ccccc4)c4ccccc4)nc(CNC4CCC(OC)CC4)nc32)[C@H](O)[C@@H]1O.COC[C@H]1O[C@@H](n2cnc3c(NCC(c4ccccc4)c4ccccc4)nc(CNC4CCC(OC)CC4)nc32)[C@H](O)[C@@H]1O. The van der Waals surface area contributed by atoms with Gasteiger partial charge < -0.3 is 106 Å². The van der Waals surface area contributed by atoms with Crippen LogP contribution in [0.2, 0.25) is 0 Å². The summed E-state index contributed by atoms with van der Waals surface area (Å²) in [5.74, 6) is 4.00. The van der Waals surface area contributed by atoms with Crippen molar-refractivity contribution >= 4 is 56.7 Å². The number of aliphatic hydroxyl groups is 6. The largest absolute Gasteiger partial charge is 0.387 e. The van der Waals surface area contributed by atoms with Crippen molar-refractivity contribution < 1.29 is 78.1 Å². The number of carbonyl (C=O) groups excluding carboxylic acids is 1. The number of carbonyl (C=O) groups is 1. The van der Waals surface area contributed by atoms with Crippen LogP contribution in [0.15, 0.2) is 201 Å². The highest BCUT2D eigenvalue weighted by molar-refractivity contribution is 5.85. The van der Waals surface area contributed by atoms with E-state index in [1.54, 1.807) is 47.7 Å². The van der Waals surface area contributed by atoms with Crippen LogP contribution in [-0.2, 0) is 67.1 Å². The van der Waals surface area contributed by atoms with E-state index in [2.05, 4.69) is 173 Å². The summed E-state index contributed by atoms with van der Waals surface area (Å²) in [6, 6.07) is 62.9. The van der Waals surface area contributed by atoms with Gasteiger partial charge in [-0.05, 0) is 97.6 Å². The number of aromatic nitrogens is 12. The third kappa shape index (κ3) is 24.0. The van der Waals surface area contributed by atoms with Crippen LogP contribution in [0.1, 0.15) is 164 Å². The van der Waals surface area contributed by atoms with E-state index in [1.807, 2.05) is 60.7 Å². The number of nitrogens with zero attached hydrogens (tertiary/aromatic N) is 12. The summed E-state index contributed by atoms with van der Waals surface area (Å²) in [5, 5.41) is 82.0. The molecule has 12 aromatic rings. The lowest BCUT2D eigenvalue weighted by atomic mass is 9.91. The molecule has 13 N–H and O–H groups in total. The van der Waals surface area contributed by atoms with Gasteiger partial charge in [0.2, 0.25) is 0 Å². The first-order valence-corrected chi connectivity index (χ1v) is 46.0. The number of ether oxygens (including phenoxy) is 9. The van der Waals surface area contributed by atoms with Crippen LogP contribution >= 0.6 is 0 Å². The molecule has 34 nitrogen and oxygen atoms in total. The molecule has 6 fully saturated rings. The third-order valence-corrected chi connectivity index (χ3v) is 26.0. The van der Waals surface area contributed by atoms with Gasteiger partial charge >= 0.3 is 0 Å². The number of aliphatic hydroxyl groups excluding tert-OH is 6. The standard InChI is InChI=1S/2C33H42N6O5.C26H30N6O4.C7H12O2/c2*1-42-19-26-29(40)30(41)33(44-26)39-20-36-28-31(35-17-25(21-9-5-3-6-10-21)22-11-7-4-8-12-22)37-27(38-32(28)39)18-34-23-13-15-24(43-2)16-14-23;1-35-14-19-22(33)23(34)26(36-19)32-15-29-21-24(30-20(12-27)31-25(21)32)28-13-18(16-8-4-2-5-9-16)17-10-6-3-7-11-17;1-9-7-4-2-6(8)3-5-7/h2*3-12,20,23-26,29-30,33-34,40-41H,13-19H2,1-2H3,(H,35,37,38);2-11,15,18-19,22-23,26,33-34H,12-14,27H2,1H3,(H,28,30,31);7H,2-5H2,1H3/t2*23?,24?,26-,29-,30-,33-;19-,22-,23-,26-;/m111./s1. The maximum absolute atomic E-state index is 10.9. The Balaban J connectivity index is 0.000000146. The summed E-state index contributed by atoms with van der Waals surface area (Å²) >= 11 is 0. The van der Waals surface area contributed by atoms with Crippen LogP contribution in [0.5, 0.6) is 0 Å². The summed E-state index contributed by atoms with van der Waals surface area (Å²) in [4.78, 5) is 53.3. The Morgan fingerprint density at radius 3 is 0.887 bits per heavy atom. The number of imidazole rings is 3. The Kier molecular flexibility index (Phi) is 34.6. The molecule has 0 radical (unpaired) electrons. The van der Waals surface area contributed by atoms with E-state index in [9.17, 15) is 35.4 Å². The summed E-state index contributed by atoms with van der Waals surface area (Å²) in [6.07, 6.45) is 5.79. The molecule has 34 heteroatoms. The number of ketones is 1. The average molecular weight is 1820 g/mol. The average Bonchev–Trinajstić information content (AvgIpc) is 1.62. The first kappa shape index (κ1) is 96.9. The van der Waals surface area contributed by atoms with E-state index in [0.717, 1.165) is 77.0 Å². The molecule has 0 amide bonds. The molecule has 0 bridgehead atoms. The Labute approximate surface area is 774 Å². The molecule has 0 unspecified atom stereocenters. The van der Waals surface area contributed by atoms with Crippen molar-refractivity contribution in [3.8, 4) is 0 Å². The van der Waals surface area contributed by atoms with Gasteiger partial charge in [-0.15, -0.1) is 0 Å². The highest BCUT2D eigenvalue weighted by atomic mass is 16.6. The Morgan fingerprint density at radius 2 is 0.624 bits per heavy atom. The first-order valence-electron chi connectivity index (χ1n) is 46.0. The van der Waals surface area contributed by atoms with Crippen molar-refractivity contribution in [3.63, 3.8) is 0 Å². The van der Waals surface area contributed by atoms with Gasteiger partial charge in [-0.25, -0.2) is 44.9 Å². The number of anilines is 3. The molecular weight excluding hydrogens is 1700 g/mol. The number of hydrogen-bond donors (Lipinski definition) is 12. The topological polar surface area (TPSA) is 438 Å². The van der Waals surface area contributed by atoms with Crippen LogP contribution in [0.3, 0.4) is 0 Å². The highest BCUT2D eigenvalue weighted by Crippen LogP contribution is 2.39. The van der Waals surface area contributed by atoms with E-state index in [-0.39, 0.29) is 44.1 Å². The zero-order valence-electron chi connectivity index (χ0n) is 76.2. The first-order chi connectivity index (χ1) is 65.0. The smallest absolute Gasteiger partial charge is 0.168 e. The predicted molar refractivity (Wildman–Crippen MR) is 501 cm³/mol. The molecule has 708 valence electrons. The zero-order valence-corrected chi connectivity index (χ0v) is 76.2. The number of methoxy groups -OCH3 is 6. The minimum atomic E-state index is -1.17. The number of nitrogens with two attached hydrogens (primary N) is 1. The van der Waals surface area contributed by atoms with Crippen LogP contribution in [0, 0.1) is 0 Å². The van der Waals surface area contributed by atoms with Gasteiger partial charge in [-0.1, -0.05) is 182 Å². The number of fused-ring (bicyclic) bond motifs is 3. The second-order valence-electron chi connectivity index (χ2n) is 34.6. The van der Waals surface area contributed by atoms with E-state index in [4.69, 9.17) is 68.3 Å². The monoisotopic (exact) mass is 1820 g/mol.